The first kappa shape index (κ1) is 16.7. The highest BCUT2D eigenvalue weighted by molar-refractivity contribution is 5.95. The quantitative estimate of drug-likeness (QED) is 0.866. The van der Waals surface area contributed by atoms with Crippen molar-refractivity contribution in [3.8, 4) is 0 Å². The summed E-state index contributed by atoms with van der Waals surface area (Å²) in [5, 5.41) is 4.18. The van der Waals surface area contributed by atoms with Crippen LogP contribution in [0.25, 0.3) is 0 Å². The molecule has 3 rings (SSSR count). The van der Waals surface area contributed by atoms with Crippen LogP contribution in [0.15, 0.2) is 36.5 Å². The molecule has 1 aliphatic rings. The van der Waals surface area contributed by atoms with E-state index >= 15 is 0 Å². The minimum atomic E-state index is 0.0563. The monoisotopic (exact) mass is 327 g/mol. The molecule has 0 unspecified atom stereocenters. The lowest BCUT2D eigenvalue weighted by Gasteiger charge is -2.38. The minimum Gasteiger partial charge on any atom is -0.379 e. The fourth-order valence-corrected chi connectivity index (χ4v) is 3.45. The third-order valence-electron chi connectivity index (χ3n) is 5.09. The third-order valence-corrected chi connectivity index (χ3v) is 5.09. The zero-order valence-corrected chi connectivity index (χ0v) is 14.6. The first-order valence-electron chi connectivity index (χ1n) is 8.44. The first-order chi connectivity index (χ1) is 11.6. The molecule has 128 valence electrons. The van der Waals surface area contributed by atoms with Gasteiger partial charge in [0.2, 0.25) is 0 Å². The Kier molecular flexibility index (Phi) is 5.00. The molecule has 2 aromatic rings. The summed E-state index contributed by atoms with van der Waals surface area (Å²) in [5.74, 6) is 0.497. The highest BCUT2D eigenvalue weighted by Gasteiger charge is 2.32. The molecule has 0 N–H and O–H groups in total. The molecule has 1 fully saturated rings. The standard InChI is InChI=1S/C19H25N3O2/c1-14-17(12-20-21(14)2)19(23)22-10-9-16(18(13-22)24-3)11-15-7-5-4-6-8-15/h4-8,12,16,18H,9-11,13H2,1-3H3/t16-,18+/m1/s1. The Balaban J connectivity index is 1.68. The Labute approximate surface area is 143 Å². The number of hydrogen-bond acceptors (Lipinski definition) is 3. The fraction of sp³-hybridized carbons (Fsp3) is 0.474. The molecule has 1 aliphatic heterocycles. The number of aryl methyl sites for hydroxylation is 1. The molecule has 24 heavy (non-hydrogen) atoms. The molecule has 0 saturated carbocycles. The number of nitrogens with zero attached hydrogens (tertiary/aromatic N) is 3. The Morgan fingerprint density at radius 1 is 1.33 bits per heavy atom. The van der Waals surface area contributed by atoms with Gasteiger partial charge in [0.1, 0.15) is 0 Å². The molecule has 1 saturated heterocycles. The smallest absolute Gasteiger partial charge is 0.257 e. The Morgan fingerprint density at radius 3 is 2.71 bits per heavy atom. The van der Waals surface area contributed by atoms with Crippen LogP contribution in [-0.2, 0) is 18.2 Å². The predicted octanol–water partition coefficient (Wildman–Crippen LogP) is 2.45. The van der Waals surface area contributed by atoms with Gasteiger partial charge >= 0.3 is 0 Å². The zero-order chi connectivity index (χ0) is 17.1. The van der Waals surface area contributed by atoms with Crippen LogP contribution in [-0.4, -0.2) is 46.9 Å². The number of amides is 1. The van der Waals surface area contributed by atoms with Crippen molar-refractivity contribution in [3.05, 3.63) is 53.3 Å². The molecule has 5 heteroatoms. The van der Waals surface area contributed by atoms with E-state index in [9.17, 15) is 4.79 Å². The van der Waals surface area contributed by atoms with Gasteiger partial charge in [-0.25, -0.2) is 0 Å². The van der Waals surface area contributed by atoms with Crippen LogP contribution in [0.3, 0.4) is 0 Å². The molecule has 1 aromatic heterocycles. The summed E-state index contributed by atoms with van der Waals surface area (Å²) in [4.78, 5) is 14.7. The molecule has 5 nitrogen and oxygen atoms in total. The van der Waals surface area contributed by atoms with E-state index in [1.165, 1.54) is 5.56 Å². The number of benzene rings is 1. The molecule has 1 aromatic carbocycles. The fourth-order valence-electron chi connectivity index (χ4n) is 3.45. The van der Waals surface area contributed by atoms with Crippen LogP contribution in [0.1, 0.15) is 28.0 Å². The molecule has 0 aliphatic carbocycles. The number of likely N-dealkylation sites (tertiary alicyclic amines) is 1. The lowest BCUT2D eigenvalue weighted by Crippen LogP contribution is -2.48. The van der Waals surface area contributed by atoms with Crippen molar-refractivity contribution in [2.45, 2.75) is 25.9 Å². The largest absolute Gasteiger partial charge is 0.379 e. The Morgan fingerprint density at radius 2 is 2.08 bits per heavy atom. The van der Waals surface area contributed by atoms with Crippen LogP contribution >= 0.6 is 0 Å². The summed E-state index contributed by atoms with van der Waals surface area (Å²) in [6.07, 6.45) is 3.68. The van der Waals surface area contributed by atoms with Gasteiger partial charge in [-0.2, -0.15) is 5.10 Å². The maximum absolute atomic E-state index is 12.8. The van der Waals surface area contributed by atoms with E-state index in [1.807, 2.05) is 24.9 Å². The molecule has 2 atom stereocenters. The summed E-state index contributed by atoms with van der Waals surface area (Å²) >= 11 is 0. The minimum absolute atomic E-state index is 0.0563. The predicted molar refractivity (Wildman–Crippen MR) is 92.9 cm³/mol. The normalized spacial score (nSPS) is 21.0. The van der Waals surface area contributed by atoms with Crippen LogP contribution < -0.4 is 0 Å². The highest BCUT2D eigenvalue weighted by Crippen LogP contribution is 2.25. The van der Waals surface area contributed by atoms with Crippen molar-refractivity contribution in [2.75, 3.05) is 20.2 Å². The first-order valence-corrected chi connectivity index (χ1v) is 8.44. The maximum Gasteiger partial charge on any atom is 0.257 e. The molecule has 0 radical (unpaired) electrons. The number of piperidine rings is 1. The Hall–Kier alpha value is -2.14. The van der Waals surface area contributed by atoms with Crippen molar-refractivity contribution < 1.29 is 9.53 Å². The van der Waals surface area contributed by atoms with E-state index in [0.29, 0.717) is 18.0 Å². The van der Waals surface area contributed by atoms with E-state index in [0.717, 1.165) is 25.1 Å². The van der Waals surface area contributed by atoms with E-state index in [2.05, 4.69) is 29.4 Å². The van der Waals surface area contributed by atoms with Gasteiger partial charge < -0.3 is 9.64 Å². The van der Waals surface area contributed by atoms with Gasteiger partial charge in [-0.1, -0.05) is 30.3 Å². The van der Waals surface area contributed by atoms with E-state index in [4.69, 9.17) is 4.74 Å². The van der Waals surface area contributed by atoms with Crippen LogP contribution in [0.2, 0.25) is 0 Å². The third kappa shape index (κ3) is 3.36. The van der Waals surface area contributed by atoms with Gasteiger partial charge in [-0.05, 0) is 31.2 Å². The summed E-state index contributed by atoms with van der Waals surface area (Å²) in [5.41, 5.74) is 2.92. The SMILES string of the molecule is CO[C@H]1CN(C(=O)c2cnn(C)c2C)CC[C@@H]1Cc1ccccc1. The van der Waals surface area contributed by atoms with Crippen LogP contribution in [0.5, 0.6) is 0 Å². The molecule has 0 bridgehead atoms. The lowest BCUT2D eigenvalue weighted by molar-refractivity contribution is -0.00699. The zero-order valence-electron chi connectivity index (χ0n) is 14.6. The van der Waals surface area contributed by atoms with Gasteiger partial charge in [0.25, 0.3) is 5.91 Å². The number of carbonyl (C=O) groups is 1. The second-order valence-electron chi connectivity index (χ2n) is 6.53. The average Bonchev–Trinajstić information content (AvgIpc) is 2.94. The summed E-state index contributed by atoms with van der Waals surface area (Å²) < 4.78 is 7.45. The van der Waals surface area contributed by atoms with Gasteiger partial charge in [0.05, 0.1) is 17.9 Å². The summed E-state index contributed by atoms with van der Waals surface area (Å²) in [6, 6.07) is 10.5. The second-order valence-corrected chi connectivity index (χ2v) is 6.53. The highest BCUT2D eigenvalue weighted by atomic mass is 16.5. The topological polar surface area (TPSA) is 47.4 Å². The van der Waals surface area contributed by atoms with E-state index < -0.39 is 0 Å². The molecule has 1 amide bonds. The van der Waals surface area contributed by atoms with Crippen molar-refractivity contribution in [3.63, 3.8) is 0 Å². The van der Waals surface area contributed by atoms with Gasteiger partial charge in [-0.3, -0.25) is 9.48 Å². The van der Waals surface area contributed by atoms with E-state index in [-0.39, 0.29) is 12.0 Å². The average molecular weight is 327 g/mol. The Bertz CT molecular complexity index is 696. The molecular weight excluding hydrogens is 302 g/mol. The second kappa shape index (κ2) is 7.18. The van der Waals surface area contributed by atoms with Crippen molar-refractivity contribution in [1.29, 1.82) is 0 Å². The van der Waals surface area contributed by atoms with Crippen LogP contribution in [0.4, 0.5) is 0 Å². The van der Waals surface area contributed by atoms with Crippen molar-refractivity contribution in [1.82, 2.24) is 14.7 Å². The number of carbonyl (C=O) groups excluding carboxylic acids is 1. The van der Waals surface area contributed by atoms with Gasteiger partial charge in [0.15, 0.2) is 0 Å². The number of hydrogen-bond donors (Lipinski definition) is 0. The number of methoxy groups -OCH3 is 1. The van der Waals surface area contributed by atoms with E-state index in [1.54, 1.807) is 18.0 Å². The summed E-state index contributed by atoms with van der Waals surface area (Å²) in [7, 11) is 3.60. The summed E-state index contributed by atoms with van der Waals surface area (Å²) in [6.45, 7) is 3.34. The lowest BCUT2D eigenvalue weighted by atomic mass is 9.87. The molecule has 2 heterocycles. The molecule has 0 spiro atoms. The van der Waals surface area contributed by atoms with Crippen molar-refractivity contribution in [2.24, 2.45) is 13.0 Å². The van der Waals surface area contributed by atoms with Gasteiger partial charge in [-0.15, -0.1) is 0 Å². The number of aromatic nitrogens is 2. The maximum atomic E-state index is 12.8. The van der Waals surface area contributed by atoms with Crippen molar-refractivity contribution >= 4 is 5.91 Å². The van der Waals surface area contributed by atoms with Crippen LogP contribution in [0, 0.1) is 12.8 Å². The number of ether oxygens (including phenoxy) is 1. The number of rotatable bonds is 4. The molecular formula is C19H25N3O2. The van der Waals surface area contributed by atoms with Gasteiger partial charge in [0, 0.05) is 32.9 Å².